The first-order valence-electron chi connectivity index (χ1n) is 31.0. The zero-order valence-electron chi connectivity index (χ0n) is 54.2. The van der Waals surface area contributed by atoms with Gasteiger partial charge in [0.2, 0.25) is 0 Å². The van der Waals surface area contributed by atoms with Crippen molar-refractivity contribution in [2.24, 2.45) is 37.6 Å². The maximum absolute atomic E-state index is 14.1. The number of hydrogen-bond acceptors (Lipinski definition) is 12. The number of ketones is 1. The van der Waals surface area contributed by atoms with E-state index in [2.05, 4.69) is 78.2 Å². The van der Waals surface area contributed by atoms with Gasteiger partial charge >= 0.3 is 11.9 Å². The Morgan fingerprint density at radius 3 is 2.08 bits per heavy atom. The number of epoxide rings is 1. The van der Waals surface area contributed by atoms with Gasteiger partial charge in [0.1, 0.15) is 23.6 Å². The number of Topliss-reactive ketones (excluding diaryl/α,β-unsaturated/α-hetero) is 1. The van der Waals surface area contributed by atoms with Gasteiger partial charge in [-0.2, -0.15) is 0 Å². The molecule has 9 aliphatic rings. The predicted molar refractivity (Wildman–Crippen MR) is 349 cm³/mol. The van der Waals surface area contributed by atoms with Crippen LogP contribution < -0.4 is 5.32 Å². The molecule has 0 spiro atoms. The molecule has 9 rings (SSSR count). The van der Waals surface area contributed by atoms with E-state index >= 15 is 0 Å². The molecule has 12 nitrogen and oxygen atoms in total. The number of aliphatic imine (C=N–C) groups is 3. The minimum absolute atomic E-state index is 0.0238. The van der Waals surface area contributed by atoms with E-state index in [9.17, 15) is 24.6 Å². The molecular formula is C75H90N4O8. The number of ether oxygens (including phenoxy) is 3. The minimum Gasteiger partial charge on any atom is -0.511 e. The molecule has 4 fully saturated rings. The van der Waals surface area contributed by atoms with Crippen LogP contribution in [0.5, 0.6) is 0 Å². The van der Waals surface area contributed by atoms with Crippen molar-refractivity contribution in [3.63, 3.8) is 0 Å². The zero-order valence-corrected chi connectivity index (χ0v) is 54.2. The molecule has 0 aromatic rings. The molecule has 7 unspecified atom stereocenters. The number of nitrogens with one attached hydrogen (secondary N) is 1. The van der Waals surface area contributed by atoms with Crippen molar-refractivity contribution in [1.82, 2.24) is 5.32 Å². The lowest BCUT2D eigenvalue weighted by Crippen LogP contribution is -2.49. The summed E-state index contributed by atoms with van der Waals surface area (Å²) in [7, 11) is 0. The lowest BCUT2D eigenvalue weighted by atomic mass is 9.61. The molecule has 2 saturated carbocycles. The van der Waals surface area contributed by atoms with E-state index in [4.69, 9.17) is 29.2 Å². The van der Waals surface area contributed by atoms with Gasteiger partial charge in [0.15, 0.2) is 5.78 Å². The van der Waals surface area contributed by atoms with Crippen LogP contribution in [0.2, 0.25) is 0 Å². The molecule has 0 aromatic carbocycles. The summed E-state index contributed by atoms with van der Waals surface area (Å²) < 4.78 is 18.5. The first-order chi connectivity index (χ1) is 40.9. The number of fused-ring (bicyclic) bond motifs is 6. The van der Waals surface area contributed by atoms with Crippen LogP contribution in [-0.4, -0.2) is 74.1 Å². The van der Waals surface area contributed by atoms with Crippen molar-refractivity contribution in [3.05, 3.63) is 205 Å². The van der Waals surface area contributed by atoms with Crippen LogP contribution in [0.25, 0.3) is 0 Å². The van der Waals surface area contributed by atoms with Crippen LogP contribution in [0.3, 0.4) is 0 Å². The van der Waals surface area contributed by atoms with E-state index in [0.717, 1.165) is 113 Å². The topological polar surface area (TPSA) is 172 Å². The molecule has 3 N–H and O–H groups in total. The Hall–Kier alpha value is -7.50. The van der Waals surface area contributed by atoms with E-state index < -0.39 is 22.2 Å². The number of carbonyl (C=O) groups excluding carboxylic acids is 3. The highest BCUT2D eigenvalue weighted by molar-refractivity contribution is 6.21. The first-order valence-corrected chi connectivity index (χ1v) is 31.0. The van der Waals surface area contributed by atoms with Gasteiger partial charge in [-0.15, -0.1) is 5.73 Å². The third-order valence-corrected chi connectivity index (χ3v) is 19.4. The molecule has 87 heavy (non-hydrogen) atoms. The van der Waals surface area contributed by atoms with Gasteiger partial charge in [-0.1, -0.05) is 126 Å². The lowest BCUT2D eigenvalue weighted by Gasteiger charge is -2.44. The number of esters is 2. The fraction of sp³-hybridized carbons (Fsp3) is 0.453. The third-order valence-electron chi connectivity index (χ3n) is 19.4. The van der Waals surface area contributed by atoms with Gasteiger partial charge in [-0.25, -0.2) is 15.0 Å². The quantitative estimate of drug-likeness (QED) is 0.0421. The van der Waals surface area contributed by atoms with Crippen molar-refractivity contribution in [2.45, 2.75) is 198 Å². The van der Waals surface area contributed by atoms with Crippen LogP contribution >= 0.6 is 0 Å². The van der Waals surface area contributed by atoms with E-state index in [1.807, 2.05) is 127 Å². The van der Waals surface area contributed by atoms with Crippen LogP contribution in [0.1, 0.15) is 169 Å². The molecule has 6 heterocycles. The number of rotatable bonds is 17. The van der Waals surface area contributed by atoms with Crippen LogP contribution in [0.15, 0.2) is 220 Å². The number of allylic oxidation sites excluding steroid dienone is 26. The fourth-order valence-corrected chi connectivity index (χ4v) is 14.7. The number of nitrogens with zero attached hydrogens (tertiary/aromatic N) is 3. The number of hydrogen-bond donors (Lipinski definition) is 3. The highest BCUT2D eigenvalue weighted by Crippen LogP contribution is 2.67. The van der Waals surface area contributed by atoms with E-state index in [-0.39, 0.29) is 60.0 Å². The first kappa shape index (κ1) is 64.0. The smallest absolute Gasteiger partial charge is 0.306 e. The second-order valence-corrected chi connectivity index (χ2v) is 27.1. The molecule has 458 valence electrons. The third kappa shape index (κ3) is 12.9. The highest BCUT2D eigenvalue weighted by Gasteiger charge is 2.76. The van der Waals surface area contributed by atoms with Gasteiger partial charge in [-0.05, 0) is 151 Å². The normalized spacial score (nSPS) is 29.6. The predicted octanol–water partition coefficient (Wildman–Crippen LogP) is 15.9. The van der Waals surface area contributed by atoms with Crippen molar-refractivity contribution < 1.29 is 38.8 Å². The Bertz CT molecular complexity index is 3670. The monoisotopic (exact) mass is 1170 g/mol. The van der Waals surface area contributed by atoms with Gasteiger partial charge < -0.3 is 29.7 Å². The standard InChI is InChI=1S/C75H90N4O8/c1-18-54-47(7)58-35-60-49(9)56(69(78-60)57-34-64(81)68-50(10)61(79-70(57)68)37-63-55(19-2)48(8)59(77-63)36-62(54)76-58)31-33-67(83)86-53-39-72(14,15)75(74(17,41-53)87-75)42-65(82)46(6)29-23-28-44(4)25-21-20-24-43(3)26-22-27-45(5)30-32-66-71(12,13)38-52(85-51(11)80)40-73(66,16)84/h18,20-30,35-37,49,52-53,56,78,81,84H,1,19,31,33-34,38-42H2,2-17H3. The van der Waals surface area contributed by atoms with E-state index in [0.29, 0.717) is 49.9 Å². The molecule has 7 atom stereocenters. The summed E-state index contributed by atoms with van der Waals surface area (Å²) in [6.07, 6.45) is 33.2. The summed E-state index contributed by atoms with van der Waals surface area (Å²) in [5, 5.41) is 26.7. The largest absolute Gasteiger partial charge is 0.511 e. The summed E-state index contributed by atoms with van der Waals surface area (Å²) in [5.74, 6) is -0.417. The van der Waals surface area contributed by atoms with Crippen LogP contribution in [0, 0.1) is 22.7 Å². The van der Waals surface area contributed by atoms with Crippen LogP contribution in [-0.2, 0) is 28.6 Å². The van der Waals surface area contributed by atoms with Gasteiger partial charge in [-0.3, -0.25) is 14.4 Å². The molecule has 3 aliphatic carbocycles. The molecule has 2 saturated heterocycles. The second kappa shape index (κ2) is 24.6. The summed E-state index contributed by atoms with van der Waals surface area (Å²) in [5.41, 5.74) is 18.3. The Balaban J connectivity index is 0.805. The Labute approximate surface area is 516 Å². The molecular weight excluding hydrogens is 1080 g/mol. The van der Waals surface area contributed by atoms with Gasteiger partial charge in [0.05, 0.1) is 45.4 Å². The maximum atomic E-state index is 14.1. The number of carbonyl (C=O) groups is 3. The summed E-state index contributed by atoms with van der Waals surface area (Å²) >= 11 is 0. The SMILES string of the molecule is C=CC1=C(C)C2=NC1=CC1=NC(=CC3=C(C)C4=C(O)CC(=C5NC(=C2)C(C)C5CCC(=O)OC2CC(C)(C)C5(CC(=O)C(C)=CC=CC(C)=CC=CC=C(C)C=CC=C(C)C=C=C6C(C)(C)CC(OC(C)=O)CC6(C)O)OC5(C)C2)C4=N3)C(CC)=C1C. The van der Waals surface area contributed by atoms with E-state index in [1.165, 1.54) is 6.92 Å². The second-order valence-electron chi connectivity index (χ2n) is 27.1. The number of aliphatic hydroxyl groups is 2. The maximum Gasteiger partial charge on any atom is 0.306 e. The molecule has 0 radical (unpaired) electrons. The van der Waals surface area contributed by atoms with Gasteiger partial charge in [0.25, 0.3) is 0 Å². The molecule has 12 heteroatoms. The van der Waals surface area contributed by atoms with Crippen LogP contribution in [0.4, 0.5) is 0 Å². The molecule has 0 amide bonds. The van der Waals surface area contributed by atoms with Crippen molar-refractivity contribution >= 4 is 34.9 Å². The summed E-state index contributed by atoms with van der Waals surface area (Å²) in [6, 6.07) is 0. The van der Waals surface area contributed by atoms with Gasteiger partial charge in [0, 0.05) is 90.0 Å². The highest BCUT2D eigenvalue weighted by atomic mass is 16.6. The average Bonchev–Trinajstić information content (AvgIpc) is 1.51. The Kier molecular flexibility index (Phi) is 18.1. The Morgan fingerprint density at radius 2 is 1.44 bits per heavy atom. The molecule has 6 aliphatic heterocycles. The number of aliphatic hydroxyl groups excluding tert-OH is 1. The van der Waals surface area contributed by atoms with Crippen molar-refractivity contribution in [3.8, 4) is 0 Å². The lowest BCUT2D eigenvalue weighted by molar-refractivity contribution is -0.154. The van der Waals surface area contributed by atoms with E-state index in [1.54, 1.807) is 6.92 Å². The summed E-state index contributed by atoms with van der Waals surface area (Å²) in [6.45, 7) is 36.2. The minimum atomic E-state index is -1.13. The zero-order chi connectivity index (χ0) is 63.3. The van der Waals surface area contributed by atoms with Crippen molar-refractivity contribution in [1.29, 1.82) is 0 Å². The fourth-order valence-electron chi connectivity index (χ4n) is 14.7. The average molecular weight is 1180 g/mol. The molecule has 0 aromatic heterocycles. The molecule has 8 bridgehead atoms. The summed E-state index contributed by atoms with van der Waals surface area (Å²) in [4.78, 5) is 55.1. The van der Waals surface area contributed by atoms with Crippen molar-refractivity contribution in [2.75, 3.05) is 0 Å². The Morgan fingerprint density at radius 1 is 0.793 bits per heavy atom.